The minimum atomic E-state index is -0.00224. The summed E-state index contributed by atoms with van der Waals surface area (Å²) in [5.74, 6) is 0.799. The number of carbonyl (C=O) groups excluding carboxylic acids is 1. The van der Waals surface area contributed by atoms with E-state index in [0.717, 1.165) is 17.7 Å². The maximum Gasteiger partial charge on any atom is 0.251 e. The predicted octanol–water partition coefficient (Wildman–Crippen LogP) is 4.74. The highest BCUT2D eigenvalue weighted by Crippen LogP contribution is 2.50. The third-order valence-electron chi connectivity index (χ3n) is 5.92. The molecule has 2 aliphatic rings. The number of amides is 1. The van der Waals surface area contributed by atoms with E-state index >= 15 is 0 Å². The Morgan fingerprint density at radius 1 is 1.19 bits per heavy atom. The van der Waals surface area contributed by atoms with E-state index in [1.807, 2.05) is 13.0 Å². The lowest BCUT2D eigenvalue weighted by molar-refractivity contribution is 0.0955. The van der Waals surface area contributed by atoms with Gasteiger partial charge in [-0.2, -0.15) is 0 Å². The molecule has 4 nitrogen and oxygen atoms in total. The zero-order valence-corrected chi connectivity index (χ0v) is 15.3. The summed E-state index contributed by atoms with van der Waals surface area (Å²) in [6.45, 7) is 2.59. The predicted molar refractivity (Wildman–Crippen MR) is 109 cm³/mol. The monoisotopic (exact) mass is 357 g/mol. The summed E-state index contributed by atoms with van der Waals surface area (Å²) in [5.41, 5.74) is 5.60. The van der Waals surface area contributed by atoms with Crippen LogP contribution in [0.5, 0.6) is 0 Å². The molecule has 0 spiro atoms. The third kappa shape index (κ3) is 2.55. The summed E-state index contributed by atoms with van der Waals surface area (Å²) in [6.07, 6.45) is 7.79. The summed E-state index contributed by atoms with van der Waals surface area (Å²) in [4.78, 5) is 15.7. The van der Waals surface area contributed by atoms with Crippen molar-refractivity contribution < 1.29 is 4.79 Å². The first-order valence-corrected chi connectivity index (χ1v) is 9.67. The lowest BCUT2D eigenvalue weighted by Crippen LogP contribution is -2.29. The Kier molecular flexibility index (Phi) is 3.78. The lowest BCUT2D eigenvalue weighted by Gasteiger charge is -2.37. The quantitative estimate of drug-likeness (QED) is 0.593. The van der Waals surface area contributed by atoms with Crippen LogP contribution in [0.2, 0.25) is 0 Å². The maximum atomic E-state index is 12.3. The van der Waals surface area contributed by atoms with E-state index in [1.165, 1.54) is 22.0 Å². The van der Waals surface area contributed by atoms with Crippen molar-refractivity contribution in [2.24, 2.45) is 5.92 Å². The van der Waals surface area contributed by atoms with Crippen molar-refractivity contribution in [2.75, 3.05) is 11.9 Å². The highest BCUT2D eigenvalue weighted by atomic mass is 16.1. The van der Waals surface area contributed by atoms with E-state index in [9.17, 15) is 4.79 Å². The topological polar surface area (TPSA) is 56.9 Å². The number of aromatic amines is 1. The number of hydrogen-bond donors (Lipinski definition) is 3. The number of rotatable bonds is 3. The van der Waals surface area contributed by atoms with Crippen molar-refractivity contribution in [3.8, 4) is 0 Å². The number of para-hydroxylation sites is 1. The number of fused-ring (bicyclic) bond motifs is 4. The van der Waals surface area contributed by atoms with Gasteiger partial charge >= 0.3 is 0 Å². The van der Waals surface area contributed by atoms with Gasteiger partial charge in [-0.3, -0.25) is 4.79 Å². The van der Waals surface area contributed by atoms with Crippen LogP contribution in [-0.2, 0) is 0 Å². The largest absolute Gasteiger partial charge is 0.378 e. The Balaban J connectivity index is 1.57. The molecule has 0 fully saturated rings. The molecule has 1 aliphatic heterocycles. The fraction of sp³-hybridized carbons (Fsp3) is 0.261. The Bertz CT molecular complexity index is 1050. The fourth-order valence-corrected chi connectivity index (χ4v) is 4.66. The zero-order chi connectivity index (χ0) is 18.4. The van der Waals surface area contributed by atoms with Crippen LogP contribution in [0.3, 0.4) is 0 Å². The van der Waals surface area contributed by atoms with E-state index < -0.39 is 0 Å². The van der Waals surface area contributed by atoms with Crippen molar-refractivity contribution in [3.05, 3.63) is 77.5 Å². The van der Waals surface area contributed by atoms with E-state index in [2.05, 4.69) is 70.4 Å². The van der Waals surface area contributed by atoms with E-state index in [4.69, 9.17) is 0 Å². The van der Waals surface area contributed by atoms with Gasteiger partial charge in [0.25, 0.3) is 5.91 Å². The molecule has 27 heavy (non-hydrogen) atoms. The van der Waals surface area contributed by atoms with Crippen LogP contribution >= 0.6 is 0 Å². The van der Waals surface area contributed by atoms with Crippen molar-refractivity contribution in [1.29, 1.82) is 0 Å². The van der Waals surface area contributed by atoms with Gasteiger partial charge in [-0.15, -0.1) is 0 Å². The number of aromatic nitrogens is 1. The van der Waals surface area contributed by atoms with Crippen LogP contribution < -0.4 is 10.6 Å². The average Bonchev–Trinajstić information content (AvgIpc) is 3.35. The lowest BCUT2D eigenvalue weighted by atomic mass is 9.76. The fourth-order valence-electron chi connectivity index (χ4n) is 4.66. The third-order valence-corrected chi connectivity index (χ3v) is 5.92. The van der Waals surface area contributed by atoms with Gasteiger partial charge in [-0.1, -0.05) is 30.4 Å². The molecule has 3 unspecified atom stereocenters. The molecule has 3 aromatic rings. The molecule has 4 heteroatoms. The molecule has 1 amide bonds. The van der Waals surface area contributed by atoms with E-state index in [-0.39, 0.29) is 11.9 Å². The summed E-state index contributed by atoms with van der Waals surface area (Å²) in [5, 5.41) is 7.95. The van der Waals surface area contributed by atoms with Gasteiger partial charge in [-0.05, 0) is 54.7 Å². The number of H-pyrrole nitrogens is 1. The highest BCUT2D eigenvalue weighted by Gasteiger charge is 2.39. The van der Waals surface area contributed by atoms with Gasteiger partial charge in [0, 0.05) is 40.8 Å². The van der Waals surface area contributed by atoms with Crippen LogP contribution in [-0.4, -0.2) is 17.4 Å². The molecule has 0 saturated heterocycles. The zero-order valence-electron chi connectivity index (χ0n) is 15.3. The van der Waals surface area contributed by atoms with Gasteiger partial charge in [0.1, 0.15) is 0 Å². The minimum Gasteiger partial charge on any atom is -0.378 e. The molecule has 5 rings (SSSR count). The first-order valence-electron chi connectivity index (χ1n) is 9.67. The number of nitrogens with one attached hydrogen (secondary N) is 3. The maximum absolute atomic E-state index is 12.3. The second-order valence-electron chi connectivity index (χ2n) is 7.43. The minimum absolute atomic E-state index is 0.00224. The first-order chi connectivity index (χ1) is 13.3. The molecule has 1 aromatic heterocycles. The van der Waals surface area contributed by atoms with Crippen LogP contribution in [0.15, 0.2) is 60.8 Å². The number of anilines is 1. The second kappa shape index (κ2) is 6.31. The van der Waals surface area contributed by atoms with Gasteiger partial charge in [0.05, 0.1) is 6.04 Å². The Morgan fingerprint density at radius 3 is 2.96 bits per heavy atom. The number of benzene rings is 2. The highest BCUT2D eigenvalue weighted by molar-refractivity contribution is 5.95. The molecule has 3 atom stereocenters. The molecule has 1 aliphatic carbocycles. The number of hydrogen-bond acceptors (Lipinski definition) is 2. The van der Waals surface area contributed by atoms with Crippen LogP contribution in [0.1, 0.15) is 46.8 Å². The Morgan fingerprint density at radius 2 is 2.07 bits per heavy atom. The van der Waals surface area contributed by atoms with Crippen molar-refractivity contribution >= 4 is 22.5 Å². The summed E-state index contributed by atoms with van der Waals surface area (Å²) >= 11 is 0. The van der Waals surface area contributed by atoms with Crippen molar-refractivity contribution in [1.82, 2.24) is 10.3 Å². The molecule has 2 heterocycles. The van der Waals surface area contributed by atoms with Gasteiger partial charge in [-0.25, -0.2) is 0 Å². The van der Waals surface area contributed by atoms with Crippen molar-refractivity contribution in [3.63, 3.8) is 0 Å². The van der Waals surface area contributed by atoms with Crippen LogP contribution in [0, 0.1) is 5.92 Å². The summed E-state index contributed by atoms with van der Waals surface area (Å²) < 4.78 is 0. The number of allylic oxidation sites excluding steroid dienone is 2. The normalized spacial score (nSPS) is 22.9. The first kappa shape index (κ1) is 16.2. The molecular weight excluding hydrogens is 334 g/mol. The van der Waals surface area contributed by atoms with Gasteiger partial charge in [0.2, 0.25) is 0 Å². The van der Waals surface area contributed by atoms with Gasteiger partial charge in [0.15, 0.2) is 0 Å². The molecule has 3 N–H and O–H groups in total. The SMILES string of the molecule is CCNC(=O)c1ccc2c(c1)C1C=CCC1C(c1c[nH]c3ccccc13)N2. The van der Waals surface area contributed by atoms with E-state index in [1.54, 1.807) is 0 Å². The Hall–Kier alpha value is -3.01. The second-order valence-corrected chi connectivity index (χ2v) is 7.43. The summed E-state index contributed by atoms with van der Waals surface area (Å²) in [6, 6.07) is 14.8. The van der Waals surface area contributed by atoms with Crippen LogP contribution in [0.25, 0.3) is 10.9 Å². The van der Waals surface area contributed by atoms with E-state index in [0.29, 0.717) is 18.4 Å². The smallest absolute Gasteiger partial charge is 0.251 e. The molecule has 0 bridgehead atoms. The molecule has 0 radical (unpaired) electrons. The summed E-state index contributed by atoms with van der Waals surface area (Å²) in [7, 11) is 0. The van der Waals surface area contributed by atoms with Crippen LogP contribution in [0.4, 0.5) is 5.69 Å². The average molecular weight is 357 g/mol. The number of carbonyl (C=O) groups is 1. The standard InChI is InChI=1S/C23H23N3O/c1-2-24-23(27)14-10-11-21-18(12-14)15-7-5-8-17(15)22(26-21)19-13-25-20-9-4-3-6-16(19)20/h3-7,9-13,15,17,22,25-26H,2,8H2,1H3,(H,24,27). The molecular formula is C23H23N3O. The molecule has 136 valence electrons. The van der Waals surface area contributed by atoms with Gasteiger partial charge < -0.3 is 15.6 Å². The molecule has 0 saturated carbocycles. The molecule has 2 aromatic carbocycles. The Labute approximate surface area is 158 Å². The van der Waals surface area contributed by atoms with Crippen molar-refractivity contribution in [2.45, 2.75) is 25.3 Å².